The molecule has 7 heteroatoms. The molecular formula is C16H16FNO5. The summed E-state index contributed by atoms with van der Waals surface area (Å²) in [5.41, 5.74) is 1.30. The molecule has 6 nitrogen and oxygen atoms in total. The van der Waals surface area contributed by atoms with Crippen molar-refractivity contribution in [1.82, 2.24) is 5.32 Å². The molecule has 2 bridgehead atoms. The summed E-state index contributed by atoms with van der Waals surface area (Å²) in [6.07, 6.45) is -2.05. The van der Waals surface area contributed by atoms with Crippen molar-refractivity contribution < 1.29 is 28.2 Å². The Hall–Kier alpha value is -2.12. The topological polar surface area (TPSA) is 81.7 Å². The number of carbonyl (C=O) groups excluding carboxylic acids is 3. The van der Waals surface area contributed by atoms with E-state index >= 15 is 0 Å². The van der Waals surface area contributed by atoms with Gasteiger partial charge in [-0.1, -0.05) is 12.1 Å². The third kappa shape index (κ3) is 2.55. The molecule has 1 aromatic rings. The second-order valence-corrected chi connectivity index (χ2v) is 5.74. The molecule has 2 heterocycles. The van der Waals surface area contributed by atoms with Gasteiger partial charge in [0.25, 0.3) is 0 Å². The van der Waals surface area contributed by atoms with E-state index in [-0.39, 0.29) is 5.82 Å². The summed E-state index contributed by atoms with van der Waals surface area (Å²) in [6.45, 7) is 1.96. The van der Waals surface area contributed by atoms with E-state index in [1.165, 1.54) is 13.2 Å². The summed E-state index contributed by atoms with van der Waals surface area (Å²) < 4.78 is 23.4. The molecule has 0 aromatic heterocycles. The number of aryl methyl sites for hydroxylation is 1. The van der Waals surface area contributed by atoms with Crippen LogP contribution in [0.1, 0.15) is 11.1 Å². The van der Waals surface area contributed by atoms with Crippen molar-refractivity contribution in [2.45, 2.75) is 31.7 Å². The summed E-state index contributed by atoms with van der Waals surface area (Å²) in [7, 11) is 1.22. The van der Waals surface area contributed by atoms with Crippen LogP contribution in [-0.4, -0.2) is 42.9 Å². The molecule has 2 saturated heterocycles. The third-order valence-electron chi connectivity index (χ3n) is 4.33. The van der Waals surface area contributed by atoms with Gasteiger partial charge in [0.05, 0.1) is 13.2 Å². The summed E-state index contributed by atoms with van der Waals surface area (Å²) in [5.74, 6) is -3.04. The van der Waals surface area contributed by atoms with Crippen LogP contribution in [-0.2, 0) is 30.4 Å². The first-order valence-corrected chi connectivity index (χ1v) is 7.23. The zero-order valence-corrected chi connectivity index (χ0v) is 12.7. The van der Waals surface area contributed by atoms with Crippen LogP contribution in [0.25, 0.3) is 0 Å². The van der Waals surface area contributed by atoms with E-state index in [9.17, 15) is 18.8 Å². The van der Waals surface area contributed by atoms with Gasteiger partial charge in [-0.25, -0.2) is 4.39 Å². The smallest absolute Gasteiger partial charge is 0.313 e. The summed E-state index contributed by atoms with van der Waals surface area (Å²) in [4.78, 5) is 35.5. The quantitative estimate of drug-likeness (QED) is 0.634. The minimum absolute atomic E-state index is 0.301. The largest absolute Gasteiger partial charge is 0.469 e. The fraction of sp³-hybridized carbons (Fsp3) is 0.438. The third-order valence-corrected chi connectivity index (χ3v) is 4.33. The lowest BCUT2D eigenvalue weighted by Gasteiger charge is -2.25. The molecule has 0 aliphatic carbocycles. The van der Waals surface area contributed by atoms with E-state index in [0.29, 0.717) is 12.1 Å². The molecule has 1 aromatic carbocycles. The Labute approximate surface area is 131 Å². The van der Waals surface area contributed by atoms with Gasteiger partial charge in [-0.15, -0.1) is 0 Å². The van der Waals surface area contributed by atoms with Crippen molar-refractivity contribution in [1.29, 1.82) is 0 Å². The highest BCUT2D eigenvalue weighted by Crippen LogP contribution is 2.36. The number of rotatable bonds is 4. The summed E-state index contributed by atoms with van der Waals surface area (Å²) in [5, 5.41) is 3.07. The first kappa shape index (κ1) is 15.8. The molecule has 1 N–H and O–H groups in total. The van der Waals surface area contributed by atoms with E-state index in [0.717, 1.165) is 5.56 Å². The number of halogens is 1. The number of ketones is 2. The average molecular weight is 321 g/mol. The number of fused-ring (bicyclic) bond motifs is 2. The Morgan fingerprint density at radius 2 is 2.00 bits per heavy atom. The fourth-order valence-electron chi connectivity index (χ4n) is 3.13. The number of benzene rings is 1. The van der Waals surface area contributed by atoms with Crippen molar-refractivity contribution >= 4 is 17.5 Å². The van der Waals surface area contributed by atoms with Crippen molar-refractivity contribution in [3.63, 3.8) is 0 Å². The SMILES string of the molecule is COC(=O)C1C2OC(C(=O)C2=O)C1NCc1ccc(F)c(C)c1. The zero-order valence-electron chi connectivity index (χ0n) is 12.7. The molecule has 2 aliphatic heterocycles. The zero-order chi connectivity index (χ0) is 16.7. The molecule has 3 rings (SSSR count). The van der Waals surface area contributed by atoms with Gasteiger partial charge in [0.2, 0.25) is 11.6 Å². The molecule has 0 saturated carbocycles. The Bertz CT molecular complexity index is 689. The lowest BCUT2D eigenvalue weighted by Crippen LogP contribution is -2.54. The molecular weight excluding hydrogens is 305 g/mol. The molecule has 23 heavy (non-hydrogen) atoms. The normalized spacial score (nSPS) is 29.2. The van der Waals surface area contributed by atoms with Crippen LogP contribution >= 0.6 is 0 Å². The van der Waals surface area contributed by atoms with Crippen LogP contribution in [0.15, 0.2) is 18.2 Å². The number of nitrogens with one attached hydrogen (secondary N) is 1. The van der Waals surface area contributed by atoms with Gasteiger partial charge in [0.15, 0.2) is 0 Å². The van der Waals surface area contributed by atoms with Crippen molar-refractivity contribution in [2.75, 3.05) is 7.11 Å². The van der Waals surface area contributed by atoms with Gasteiger partial charge < -0.3 is 14.8 Å². The highest BCUT2D eigenvalue weighted by atomic mass is 19.1. The van der Waals surface area contributed by atoms with Gasteiger partial charge in [-0.3, -0.25) is 14.4 Å². The van der Waals surface area contributed by atoms with Crippen molar-refractivity contribution in [2.24, 2.45) is 5.92 Å². The van der Waals surface area contributed by atoms with Crippen LogP contribution < -0.4 is 5.32 Å². The van der Waals surface area contributed by atoms with E-state index < -0.39 is 41.7 Å². The summed E-state index contributed by atoms with van der Waals surface area (Å²) in [6, 6.07) is 4.01. The number of hydrogen-bond acceptors (Lipinski definition) is 6. The predicted octanol–water partition coefficient (Wildman–Crippen LogP) is 0.301. The van der Waals surface area contributed by atoms with Crippen LogP contribution in [0, 0.1) is 18.7 Å². The molecule has 0 radical (unpaired) electrons. The first-order valence-electron chi connectivity index (χ1n) is 7.23. The number of methoxy groups -OCH3 is 1. The minimum Gasteiger partial charge on any atom is -0.469 e. The number of Topliss-reactive ketones (excluding diaryl/α,β-unsaturated/α-hetero) is 2. The first-order chi connectivity index (χ1) is 10.9. The fourth-order valence-corrected chi connectivity index (χ4v) is 3.13. The summed E-state index contributed by atoms with van der Waals surface area (Å²) >= 11 is 0. The molecule has 2 fully saturated rings. The Balaban J connectivity index is 1.77. The highest BCUT2D eigenvalue weighted by molar-refractivity contribution is 6.43. The standard InChI is InChI=1S/C16H16FNO5/c1-7-5-8(3-4-9(7)17)6-18-11-10(16(21)22-2)14-12(19)13(20)15(11)23-14/h3-5,10-11,14-15,18H,6H2,1-2H3. The Morgan fingerprint density at radius 3 is 2.65 bits per heavy atom. The lowest BCUT2D eigenvalue weighted by molar-refractivity contribution is -0.151. The Morgan fingerprint density at radius 1 is 1.30 bits per heavy atom. The van der Waals surface area contributed by atoms with Crippen LogP contribution in [0.4, 0.5) is 4.39 Å². The maximum atomic E-state index is 13.3. The van der Waals surface area contributed by atoms with E-state index in [2.05, 4.69) is 5.32 Å². The number of esters is 1. The maximum Gasteiger partial charge on any atom is 0.313 e. The van der Waals surface area contributed by atoms with Gasteiger partial charge >= 0.3 is 5.97 Å². The van der Waals surface area contributed by atoms with Crippen LogP contribution in [0.3, 0.4) is 0 Å². The molecule has 0 spiro atoms. The number of ether oxygens (including phenoxy) is 2. The highest BCUT2D eigenvalue weighted by Gasteiger charge is 2.62. The maximum absolute atomic E-state index is 13.3. The second-order valence-electron chi connectivity index (χ2n) is 5.74. The predicted molar refractivity (Wildman–Crippen MR) is 75.9 cm³/mol. The molecule has 4 unspecified atom stereocenters. The van der Waals surface area contributed by atoms with Gasteiger partial charge in [0.1, 0.15) is 23.9 Å². The van der Waals surface area contributed by atoms with Gasteiger partial charge in [0, 0.05) is 6.54 Å². The molecule has 4 atom stereocenters. The molecule has 2 aliphatic rings. The van der Waals surface area contributed by atoms with Crippen LogP contribution in [0.5, 0.6) is 0 Å². The van der Waals surface area contributed by atoms with E-state index in [1.54, 1.807) is 19.1 Å². The van der Waals surface area contributed by atoms with E-state index in [4.69, 9.17) is 9.47 Å². The lowest BCUT2D eigenvalue weighted by atomic mass is 9.83. The van der Waals surface area contributed by atoms with E-state index in [1.807, 2.05) is 0 Å². The second kappa shape index (κ2) is 5.82. The molecule has 0 amide bonds. The minimum atomic E-state index is -1.08. The number of hydrogen-bond donors (Lipinski definition) is 1. The number of carbonyl (C=O) groups is 3. The van der Waals surface area contributed by atoms with Gasteiger partial charge in [-0.05, 0) is 24.1 Å². The molecule has 122 valence electrons. The van der Waals surface area contributed by atoms with Crippen molar-refractivity contribution in [3.8, 4) is 0 Å². The van der Waals surface area contributed by atoms with Gasteiger partial charge in [-0.2, -0.15) is 0 Å². The van der Waals surface area contributed by atoms with Crippen molar-refractivity contribution in [3.05, 3.63) is 35.1 Å². The Kier molecular flexibility index (Phi) is 3.99. The van der Waals surface area contributed by atoms with Crippen LogP contribution in [0.2, 0.25) is 0 Å². The average Bonchev–Trinajstić information content (AvgIpc) is 3.05. The monoisotopic (exact) mass is 321 g/mol.